The molecular formula is C15H13N5. The Hall–Kier alpha value is -2.69. The first-order valence-electron chi connectivity index (χ1n) is 6.45. The van der Waals surface area contributed by atoms with Crippen LogP contribution in [0.15, 0.2) is 42.5 Å². The summed E-state index contributed by atoms with van der Waals surface area (Å²) in [6.45, 7) is 0. The molecule has 2 aromatic heterocycles. The molecule has 0 atom stereocenters. The molecule has 0 saturated heterocycles. The van der Waals surface area contributed by atoms with Crippen LogP contribution in [0.5, 0.6) is 0 Å². The number of benzene rings is 2. The Balaban J connectivity index is 2.00. The van der Waals surface area contributed by atoms with Gasteiger partial charge in [-0.05, 0) is 30.3 Å². The predicted octanol–water partition coefficient (Wildman–Crippen LogP) is 2.52. The smallest absolute Gasteiger partial charge is 0.140 e. The number of aromatic nitrogens is 5. The number of hydrogen-bond acceptors (Lipinski definition) is 3. The van der Waals surface area contributed by atoms with Crippen LogP contribution in [0.25, 0.3) is 33.5 Å². The van der Waals surface area contributed by atoms with Crippen molar-refractivity contribution < 1.29 is 0 Å². The lowest BCUT2D eigenvalue weighted by Gasteiger charge is -2.03. The molecule has 0 aliphatic heterocycles. The molecule has 0 spiro atoms. The number of imidazole rings is 1. The molecular weight excluding hydrogens is 250 g/mol. The fraction of sp³-hybridized carbons (Fsp3) is 0.133. The molecule has 0 N–H and O–H groups in total. The fourth-order valence-electron chi connectivity index (χ4n) is 2.57. The second kappa shape index (κ2) is 3.90. The fourth-order valence-corrected chi connectivity index (χ4v) is 2.57. The van der Waals surface area contributed by atoms with Crippen molar-refractivity contribution in [3.05, 3.63) is 42.5 Å². The molecule has 2 heterocycles. The molecule has 0 bridgehead atoms. The molecule has 5 nitrogen and oxygen atoms in total. The van der Waals surface area contributed by atoms with Crippen molar-refractivity contribution >= 4 is 22.1 Å². The molecule has 20 heavy (non-hydrogen) atoms. The summed E-state index contributed by atoms with van der Waals surface area (Å²) in [5.74, 6) is 0.953. The molecule has 4 rings (SSSR count). The molecule has 0 aliphatic rings. The largest absolute Gasteiger partial charge is 0.327 e. The number of para-hydroxylation sites is 2. The van der Waals surface area contributed by atoms with Gasteiger partial charge >= 0.3 is 0 Å². The average molecular weight is 263 g/mol. The summed E-state index contributed by atoms with van der Waals surface area (Å²) in [6.07, 6.45) is 0. The zero-order valence-electron chi connectivity index (χ0n) is 11.3. The summed E-state index contributed by atoms with van der Waals surface area (Å²) in [4.78, 5) is 4.72. The molecule has 4 aromatic rings. The topological polar surface area (TPSA) is 48.5 Å². The first kappa shape index (κ1) is 11.2. The van der Waals surface area contributed by atoms with Crippen LogP contribution >= 0.6 is 0 Å². The SMILES string of the molecule is Cn1nnc2ccc(-c3nc4ccccc4n3C)cc21. The zero-order chi connectivity index (χ0) is 13.7. The molecule has 5 heteroatoms. The van der Waals surface area contributed by atoms with E-state index in [9.17, 15) is 0 Å². The lowest BCUT2D eigenvalue weighted by Crippen LogP contribution is -1.93. The molecule has 0 unspecified atom stereocenters. The Morgan fingerprint density at radius 1 is 0.900 bits per heavy atom. The normalized spacial score (nSPS) is 11.5. The van der Waals surface area contributed by atoms with Crippen LogP contribution in [-0.4, -0.2) is 24.5 Å². The van der Waals surface area contributed by atoms with Gasteiger partial charge in [0.2, 0.25) is 0 Å². The summed E-state index contributed by atoms with van der Waals surface area (Å²) in [7, 11) is 3.93. The lowest BCUT2D eigenvalue weighted by molar-refractivity contribution is 0.736. The Morgan fingerprint density at radius 3 is 2.60 bits per heavy atom. The minimum absolute atomic E-state index is 0.898. The first-order chi connectivity index (χ1) is 9.74. The van der Waals surface area contributed by atoms with Crippen molar-refractivity contribution in [2.24, 2.45) is 14.1 Å². The molecule has 98 valence electrons. The van der Waals surface area contributed by atoms with Gasteiger partial charge < -0.3 is 4.57 Å². The van der Waals surface area contributed by atoms with E-state index >= 15 is 0 Å². The van der Waals surface area contributed by atoms with Crippen molar-refractivity contribution in [1.29, 1.82) is 0 Å². The monoisotopic (exact) mass is 263 g/mol. The van der Waals surface area contributed by atoms with Crippen LogP contribution in [0.4, 0.5) is 0 Å². The Bertz CT molecular complexity index is 932. The highest BCUT2D eigenvalue weighted by Crippen LogP contribution is 2.25. The van der Waals surface area contributed by atoms with Gasteiger partial charge in [-0.3, -0.25) is 0 Å². The number of hydrogen-bond donors (Lipinski definition) is 0. The van der Waals surface area contributed by atoms with Crippen LogP contribution < -0.4 is 0 Å². The van der Waals surface area contributed by atoms with Crippen molar-refractivity contribution in [2.45, 2.75) is 0 Å². The number of nitrogens with zero attached hydrogens (tertiary/aromatic N) is 5. The summed E-state index contributed by atoms with van der Waals surface area (Å²) < 4.78 is 3.89. The molecule has 0 saturated carbocycles. The number of fused-ring (bicyclic) bond motifs is 2. The van der Waals surface area contributed by atoms with Gasteiger partial charge in [0.25, 0.3) is 0 Å². The Kier molecular flexibility index (Phi) is 2.18. The third kappa shape index (κ3) is 1.46. The van der Waals surface area contributed by atoms with Gasteiger partial charge in [0.1, 0.15) is 11.3 Å². The molecule has 0 fully saturated rings. The van der Waals surface area contributed by atoms with E-state index in [-0.39, 0.29) is 0 Å². The number of aryl methyl sites for hydroxylation is 2. The van der Waals surface area contributed by atoms with Gasteiger partial charge in [0.15, 0.2) is 0 Å². The third-order valence-electron chi connectivity index (χ3n) is 3.66. The summed E-state index contributed by atoms with van der Waals surface area (Å²) >= 11 is 0. The lowest BCUT2D eigenvalue weighted by atomic mass is 10.2. The van der Waals surface area contributed by atoms with Gasteiger partial charge in [0.05, 0.1) is 16.6 Å². The maximum atomic E-state index is 4.72. The van der Waals surface area contributed by atoms with E-state index < -0.39 is 0 Å². The van der Waals surface area contributed by atoms with E-state index in [1.807, 2.05) is 44.4 Å². The maximum Gasteiger partial charge on any atom is 0.140 e. The van der Waals surface area contributed by atoms with Gasteiger partial charge in [-0.25, -0.2) is 9.67 Å². The highest BCUT2D eigenvalue weighted by Gasteiger charge is 2.11. The highest BCUT2D eigenvalue weighted by molar-refractivity contribution is 5.84. The van der Waals surface area contributed by atoms with E-state index in [1.165, 1.54) is 0 Å². The van der Waals surface area contributed by atoms with Crippen LogP contribution in [-0.2, 0) is 14.1 Å². The number of rotatable bonds is 1. The standard InChI is InChI=1S/C15H13N5/c1-19-13-6-4-3-5-11(13)16-15(19)10-7-8-12-14(9-10)20(2)18-17-12/h3-9H,1-2H3. The van der Waals surface area contributed by atoms with Gasteiger partial charge in [0, 0.05) is 19.7 Å². The average Bonchev–Trinajstić information content (AvgIpc) is 3.01. The van der Waals surface area contributed by atoms with Crippen LogP contribution in [0, 0.1) is 0 Å². The van der Waals surface area contributed by atoms with E-state index in [2.05, 4.69) is 27.0 Å². The summed E-state index contributed by atoms with van der Waals surface area (Å²) in [6, 6.07) is 14.3. The van der Waals surface area contributed by atoms with E-state index in [1.54, 1.807) is 4.68 Å². The van der Waals surface area contributed by atoms with E-state index in [0.717, 1.165) is 33.5 Å². The van der Waals surface area contributed by atoms with E-state index in [0.29, 0.717) is 0 Å². The second-order valence-electron chi connectivity index (χ2n) is 4.90. The van der Waals surface area contributed by atoms with Crippen LogP contribution in [0.1, 0.15) is 0 Å². The zero-order valence-corrected chi connectivity index (χ0v) is 11.3. The minimum Gasteiger partial charge on any atom is -0.327 e. The molecule has 0 radical (unpaired) electrons. The highest BCUT2D eigenvalue weighted by atomic mass is 15.4. The molecule has 2 aromatic carbocycles. The first-order valence-corrected chi connectivity index (χ1v) is 6.45. The van der Waals surface area contributed by atoms with E-state index in [4.69, 9.17) is 4.98 Å². The van der Waals surface area contributed by atoms with Crippen molar-refractivity contribution in [3.63, 3.8) is 0 Å². The van der Waals surface area contributed by atoms with Crippen molar-refractivity contribution in [2.75, 3.05) is 0 Å². The Morgan fingerprint density at radius 2 is 1.75 bits per heavy atom. The third-order valence-corrected chi connectivity index (χ3v) is 3.66. The van der Waals surface area contributed by atoms with Crippen molar-refractivity contribution in [3.8, 4) is 11.4 Å². The maximum absolute atomic E-state index is 4.72. The van der Waals surface area contributed by atoms with Crippen LogP contribution in [0.2, 0.25) is 0 Å². The molecule has 0 aliphatic carbocycles. The van der Waals surface area contributed by atoms with Gasteiger partial charge in [-0.2, -0.15) is 0 Å². The van der Waals surface area contributed by atoms with Gasteiger partial charge in [-0.15, -0.1) is 5.10 Å². The second-order valence-corrected chi connectivity index (χ2v) is 4.90. The summed E-state index contributed by atoms with van der Waals surface area (Å²) in [5.41, 5.74) is 5.12. The summed E-state index contributed by atoms with van der Waals surface area (Å²) in [5, 5.41) is 8.14. The predicted molar refractivity (Wildman–Crippen MR) is 78.2 cm³/mol. The molecule has 0 amide bonds. The minimum atomic E-state index is 0.898. The Labute approximate surface area is 115 Å². The van der Waals surface area contributed by atoms with Crippen LogP contribution in [0.3, 0.4) is 0 Å². The quantitative estimate of drug-likeness (QED) is 0.530. The van der Waals surface area contributed by atoms with Gasteiger partial charge in [-0.1, -0.05) is 17.3 Å². The van der Waals surface area contributed by atoms with Crippen molar-refractivity contribution in [1.82, 2.24) is 24.5 Å².